The summed E-state index contributed by atoms with van der Waals surface area (Å²) in [6, 6.07) is 16.4. The first-order valence-electron chi connectivity index (χ1n) is 10.8. The number of hydrogen-bond acceptors (Lipinski definition) is 3. The molecule has 1 fully saturated rings. The topological polar surface area (TPSA) is 60.2 Å². The summed E-state index contributed by atoms with van der Waals surface area (Å²) >= 11 is 0. The Hall–Kier alpha value is -2.63. The average Bonchev–Trinajstić information content (AvgIpc) is 3.16. The average molecular weight is 405 g/mol. The van der Waals surface area contributed by atoms with Crippen molar-refractivity contribution in [1.29, 1.82) is 0 Å². The van der Waals surface area contributed by atoms with Gasteiger partial charge in [-0.25, -0.2) is 0 Å². The van der Waals surface area contributed by atoms with Gasteiger partial charge in [0.15, 0.2) is 0 Å². The van der Waals surface area contributed by atoms with Crippen LogP contribution in [-0.2, 0) is 11.8 Å². The number of benzene rings is 2. The number of piperazine rings is 1. The van der Waals surface area contributed by atoms with Gasteiger partial charge >= 0.3 is 0 Å². The van der Waals surface area contributed by atoms with E-state index in [4.69, 9.17) is 0 Å². The molecule has 0 saturated carbocycles. The van der Waals surface area contributed by atoms with E-state index in [0.717, 1.165) is 32.6 Å². The minimum atomic E-state index is -0.0127. The monoisotopic (exact) mass is 404 g/mol. The van der Waals surface area contributed by atoms with Crippen LogP contribution in [0, 0.1) is 0 Å². The number of nitrogens with one attached hydrogen (secondary N) is 3. The van der Waals surface area contributed by atoms with Crippen molar-refractivity contribution >= 4 is 16.8 Å². The second-order valence-electron chi connectivity index (χ2n) is 9.17. The van der Waals surface area contributed by atoms with Crippen LogP contribution in [0.1, 0.15) is 42.3 Å². The highest BCUT2D eigenvalue weighted by Crippen LogP contribution is 2.22. The van der Waals surface area contributed by atoms with E-state index in [9.17, 15) is 4.79 Å². The van der Waals surface area contributed by atoms with Crippen molar-refractivity contribution < 1.29 is 4.79 Å². The Morgan fingerprint density at radius 2 is 1.90 bits per heavy atom. The van der Waals surface area contributed by atoms with Crippen molar-refractivity contribution in [2.75, 3.05) is 26.2 Å². The Morgan fingerprint density at radius 3 is 2.67 bits per heavy atom. The quantitative estimate of drug-likeness (QED) is 0.608. The number of rotatable bonds is 5. The van der Waals surface area contributed by atoms with Gasteiger partial charge in [-0.05, 0) is 41.2 Å². The Morgan fingerprint density at radius 1 is 1.13 bits per heavy atom. The fourth-order valence-electron chi connectivity index (χ4n) is 4.12. The van der Waals surface area contributed by atoms with Crippen LogP contribution in [0.3, 0.4) is 0 Å². The summed E-state index contributed by atoms with van der Waals surface area (Å²) < 4.78 is 0. The number of para-hydroxylation sites is 1. The van der Waals surface area contributed by atoms with Crippen LogP contribution >= 0.6 is 0 Å². The molecule has 0 spiro atoms. The predicted molar refractivity (Wildman–Crippen MR) is 123 cm³/mol. The number of nitrogens with zero attached hydrogens (tertiary/aromatic N) is 1. The lowest BCUT2D eigenvalue weighted by Crippen LogP contribution is -2.59. The molecule has 1 atom stereocenters. The molecule has 2 heterocycles. The fourth-order valence-corrected chi connectivity index (χ4v) is 4.12. The maximum Gasteiger partial charge on any atom is 0.252 e. The zero-order valence-electron chi connectivity index (χ0n) is 18.2. The Balaban J connectivity index is 1.40. The van der Waals surface area contributed by atoms with Gasteiger partial charge in [-0.15, -0.1) is 0 Å². The van der Waals surface area contributed by atoms with Crippen molar-refractivity contribution in [2.24, 2.45) is 0 Å². The summed E-state index contributed by atoms with van der Waals surface area (Å²) in [5, 5.41) is 7.92. The van der Waals surface area contributed by atoms with Crippen LogP contribution in [0.2, 0.25) is 0 Å². The molecule has 1 unspecified atom stereocenters. The molecule has 1 aliphatic heterocycles. The molecular weight excluding hydrogens is 372 g/mol. The van der Waals surface area contributed by atoms with E-state index in [1.54, 1.807) is 0 Å². The molecule has 4 rings (SSSR count). The van der Waals surface area contributed by atoms with Crippen molar-refractivity contribution in [2.45, 2.75) is 38.8 Å². The van der Waals surface area contributed by atoms with Gasteiger partial charge in [-0.1, -0.05) is 51.1 Å². The van der Waals surface area contributed by atoms with Gasteiger partial charge in [0.2, 0.25) is 0 Å². The first-order valence-corrected chi connectivity index (χ1v) is 10.8. The number of fused-ring (bicyclic) bond motifs is 1. The van der Waals surface area contributed by atoms with E-state index in [-0.39, 0.29) is 17.5 Å². The molecular formula is C25H32N4O. The highest BCUT2D eigenvalue weighted by Gasteiger charge is 2.24. The molecule has 0 aliphatic carbocycles. The van der Waals surface area contributed by atoms with Gasteiger partial charge in [0.05, 0.1) is 6.17 Å². The smallest absolute Gasteiger partial charge is 0.252 e. The third kappa shape index (κ3) is 4.58. The third-order valence-electron chi connectivity index (χ3n) is 6.01. The normalized spacial score (nSPS) is 17.9. The van der Waals surface area contributed by atoms with Gasteiger partial charge in [0.1, 0.15) is 0 Å². The lowest BCUT2D eigenvalue weighted by Gasteiger charge is -2.36. The van der Waals surface area contributed by atoms with Gasteiger partial charge in [0.25, 0.3) is 5.91 Å². The second-order valence-corrected chi connectivity index (χ2v) is 9.17. The van der Waals surface area contributed by atoms with Crippen molar-refractivity contribution in [3.05, 3.63) is 71.4 Å². The molecule has 3 N–H and O–H groups in total. The van der Waals surface area contributed by atoms with E-state index in [0.29, 0.717) is 5.56 Å². The molecule has 3 aromatic rings. The molecule has 158 valence electrons. The van der Waals surface area contributed by atoms with Crippen LogP contribution in [0.5, 0.6) is 0 Å². The lowest BCUT2D eigenvalue weighted by molar-refractivity contribution is 0.0807. The first kappa shape index (κ1) is 20.6. The van der Waals surface area contributed by atoms with Crippen LogP contribution in [0.15, 0.2) is 54.7 Å². The van der Waals surface area contributed by atoms with E-state index in [2.05, 4.69) is 83.9 Å². The molecule has 1 amide bonds. The molecule has 2 aromatic carbocycles. The van der Waals surface area contributed by atoms with Gasteiger partial charge in [-0.2, -0.15) is 0 Å². The maximum atomic E-state index is 12.9. The lowest BCUT2D eigenvalue weighted by atomic mass is 9.87. The molecule has 1 aliphatic rings. The van der Waals surface area contributed by atoms with Crippen LogP contribution in [0.25, 0.3) is 10.9 Å². The molecule has 0 bridgehead atoms. The molecule has 5 nitrogen and oxygen atoms in total. The largest absolute Gasteiger partial charge is 0.361 e. The van der Waals surface area contributed by atoms with E-state index in [1.165, 1.54) is 22.0 Å². The van der Waals surface area contributed by atoms with Crippen molar-refractivity contribution in [1.82, 2.24) is 20.5 Å². The van der Waals surface area contributed by atoms with Gasteiger partial charge in [0, 0.05) is 48.8 Å². The summed E-state index contributed by atoms with van der Waals surface area (Å²) in [7, 11) is 0. The highest BCUT2D eigenvalue weighted by atomic mass is 16.1. The number of carbonyl (C=O) groups is 1. The summed E-state index contributed by atoms with van der Waals surface area (Å²) in [5.41, 5.74) is 4.54. The summed E-state index contributed by atoms with van der Waals surface area (Å²) in [5.74, 6) is -0.0127. The zero-order chi connectivity index (χ0) is 21.1. The Kier molecular flexibility index (Phi) is 5.93. The zero-order valence-corrected chi connectivity index (χ0v) is 18.2. The third-order valence-corrected chi connectivity index (χ3v) is 6.01. The minimum Gasteiger partial charge on any atom is -0.361 e. The van der Waals surface area contributed by atoms with Gasteiger partial charge in [-0.3, -0.25) is 9.69 Å². The molecule has 1 saturated heterocycles. The summed E-state index contributed by atoms with van der Waals surface area (Å²) in [6.07, 6.45) is 3.06. The molecule has 1 aromatic heterocycles. The van der Waals surface area contributed by atoms with E-state index < -0.39 is 0 Å². The number of carbonyl (C=O) groups excluding carboxylic acids is 1. The van der Waals surface area contributed by atoms with Crippen LogP contribution in [0.4, 0.5) is 0 Å². The standard InChI is InChI=1S/C25H32N4O/c1-25(2,3)20-10-8-18(9-11-20)24(30)28-23-17-26-13-15-29(23)14-12-19-16-27-22-7-5-4-6-21(19)22/h4-11,16,23,26-27H,12-15,17H2,1-3H3,(H,28,30). The number of H-pyrrole nitrogens is 1. The van der Waals surface area contributed by atoms with Crippen molar-refractivity contribution in [3.8, 4) is 0 Å². The number of hydrogen-bond donors (Lipinski definition) is 3. The maximum absolute atomic E-state index is 12.9. The Labute approximate surface area is 178 Å². The number of amides is 1. The minimum absolute atomic E-state index is 0.00116. The summed E-state index contributed by atoms with van der Waals surface area (Å²) in [4.78, 5) is 18.6. The SMILES string of the molecule is CC(C)(C)c1ccc(C(=O)NC2CNCCN2CCc2c[nH]c3ccccc23)cc1. The van der Waals surface area contributed by atoms with E-state index in [1.807, 2.05) is 12.1 Å². The molecule has 5 heteroatoms. The first-order chi connectivity index (χ1) is 14.4. The van der Waals surface area contributed by atoms with Crippen molar-refractivity contribution in [3.63, 3.8) is 0 Å². The Bertz CT molecular complexity index is 1000. The van der Waals surface area contributed by atoms with E-state index >= 15 is 0 Å². The predicted octanol–water partition coefficient (Wildman–Crippen LogP) is 3.67. The molecule has 0 radical (unpaired) electrons. The number of aromatic nitrogens is 1. The summed E-state index contributed by atoms with van der Waals surface area (Å²) in [6.45, 7) is 10.1. The highest BCUT2D eigenvalue weighted by molar-refractivity contribution is 5.94. The van der Waals surface area contributed by atoms with Gasteiger partial charge < -0.3 is 15.6 Å². The molecule has 30 heavy (non-hydrogen) atoms. The second kappa shape index (κ2) is 8.62. The van der Waals surface area contributed by atoms with Crippen LogP contribution < -0.4 is 10.6 Å². The fraction of sp³-hybridized carbons (Fsp3) is 0.400. The van der Waals surface area contributed by atoms with Crippen LogP contribution in [-0.4, -0.2) is 48.1 Å². The number of aromatic amines is 1.